The predicted molar refractivity (Wildman–Crippen MR) is 139 cm³/mol. The molecule has 0 spiro atoms. The fourth-order valence-corrected chi connectivity index (χ4v) is 4.83. The third-order valence-corrected chi connectivity index (χ3v) is 6.94. The number of carbonyl (C=O) groups excluding carboxylic acids is 1. The zero-order valence-corrected chi connectivity index (χ0v) is 22.6. The van der Waals surface area contributed by atoms with Gasteiger partial charge in [-0.1, -0.05) is 24.3 Å². The smallest absolute Gasteiger partial charge is 0.425 e. The Hall–Kier alpha value is -3.37. The second kappa shape index (κ2) is 9.98. The van der Waals surface area contributed by atoms with E-state index in [1.807, 2.05) is 0 Å². The number of esters is 1. The summed E-state index contributed by atoms with van der Waals surface area (Å²) in [4.78, 5) is 12.5. The summed E-state index contributed by atoms with van der Waals surface area (Å²) in [7, 11) is 0. The Bertz CT molecular complexity index is 1370. The molecule has 1 atom stereocenters. The number of nitrogens with zero attached hydrogens (tertiary/aromatic N) is 2. The summed E-state index contributed by atoms with van der Waals surface area (Å²) in [6, 6.07) is 8.71. The molecule has 1 heterocycles. The second-order valence-corrected chi connectivity index (χ2v) is 10.9. The number of alkyl halides is 3. The van der Waals surface area contributed by atoms with Crippen LogP contribution in [-0.2, 0) is 20.7 Å². The summed E-state index contributed by atoms with van der Waals surface area (Å²) in [6.07, 6.45) is -1.09. The molecule has 10 heteroatoms. The van der Waals surface area contributed by atoms with Crippen LogP contribution in [0, 0.1) is 0 Å². The lowest BCUT2D eigenvalue weighted by atomic mass is 9.89. The molecular weight excluding hydrogens is 513 g/mol. The van der Waals surface area contributed by atoms with Gasteiger partial charge in [-0.15, -0.1) is 0 Å². The second-order valence-electron chi connectivity index (χ2n) is 10.9. The van der Waals surface area contributed by atoms with Gasteiger partial charge in [0, 0.05) is 22.9 Å². The van der Waals surface area contributed by atoms with E-state index >= 15 is 0 Å². The first-order valence-electron chi connectivity index (χ1n) is 12.8. The van der Waals surface area contributed by atoms with Gasteiger partial charge in [-0.25, -0.2) is 4.79 Å². The number of aromatic nitrogens is 2. The van der Waals surface area contributed by atoms with Crippen molar-refractivity contribution in [3.63, 3.8) is 0 Å². The van der Waals surface area contributed by atoms with Crippen molar-refractivity contribution < 1.29 is 37.7 Å². The van der Waals surface area contributed by atoms with Crippen LogP contribution in [0.5, 0.6) is 5.75 Å². The van der Waals surface area contributed by atoms with Crippen LogP contribution in [0.1, 0.15) is 58.6 Å². The standard InChI is InChI=1S/C29H33F3N2O5/c1-6-38-25(35)27(4,5)34-17-18(16-33-34)21-14-19(39-13-9-12-26(2,3)36)15-23-24(21)20-10-7-8-11-22(20)28(23,37)29(30,31)32/h7-8,10-11,14-17,36-37H,6,9,12-13H2,1-5H3/t28-/m1/s1. The number of aliphatic hydroxyl groups is 2. The molecule has 3 aromatic rings. The van der Waals surface area contributed by atoms with Crippen molar-refractivity contribution in [1.29, 1.82) is 0 Å². The highest BCUT2D eigenvalue weighted by Gasteiger charge is 2.61. The lowest BCUT2D eigenvalue weighted by Gasteiger charge is -2.29. The molecule has 1 aliphatic rings. The topological polar surface area (TPSA) is 93.8 Å². The molecule has 0 saturated heterocycles. The van der Waals surface area contributed by atoms with E-state index in [1.54, 1.807) is 52.9 Å². The lowest BCUT2D eigenvalue weighted by molar-refractivity contribution is -0.246. The Balaban J connectivity index is 1.87. The van der Waals surface area contributed by atoms with Gasteiger partial charge in [0.2, 0.25) is 5.60 Å². The van der Waals surface area contributed by atoms with Gasteiger partial charge >= 0.3 is 12.1 Å². The Morgan fingerprint density at radius 3 is 2.41 bits per heavy atom. The van der Waals surface area contributed by atoms with E-state index in [1.165, 1.54) is 35.1 Å². The van der Waals surface area contributed by atoms with E-state index in [9.17, 15) is 28.2 Å². The summed E-state index contributed by atoms with van der Waals surface area (Å²) in [5.41, 5.74) is -4.69. The molecule has 0 amide bonds. The minimum absolute atomic E-state index is 0.132. The van der Waals surface area contributed by atoms with Crippen LogP contribution in [-0.4, -0.2) is 51.0 Å². The first-order chi connectivity index (χ1) is 18.1. The highest BCUT2D eigenvalue weighted by atomic mass is 19.4. The molecule has 1 aromatic heterocycles. The number of rotatable bonds is 9. The van der Waals surface area contributed by atoms with Crippen LogP contribution in [0.4, 0.5) is 13.2 Å². The molecule has 39 heavy (non-hydrogen) atoms. The van der Waals surface area contributed by atoms with Crippen LogP contribution >= 0.6 is 0 Å². The summed E-state index contributed by atoms with van der Waals surface area (Å²) in [6.45, 7) is 8.61. The Morgan fingerprint density at radius 2 is 1.77 bits per heavy atom. The molecule has 7 nitrogen and oxygen atoms in total. The van der Waals surface area contributed by atoms with Crippen molar-refractivity contribution >= 4 is 5.97 Å². The van der Waals surface area contributed by atoms with E-state index < -0.39 is 28.9 Å². The van der Waals surface area contributed by atoms with Gasteiger partial charge in [0.25, 0.3) is 0 Å². The number of fused-ring (bicyclic) bond motifs is 3. The van der Waals surface area contributed by atoms with Crippen molar-refractivity contribution in [1.82, 2.24) is 9.78 Å². The van der Waals surface area contributed by atoms with E-state index in [0.29, 0.717) is 24.0 Å². The molecule has 210 valence electrons. The predicted octanol–water partition coefficient (Wildman–Crippen LogP) is 5.56. The van der Waals surface area contributed by atoms with Gasteiger partial charge < -0.3 is 19.7 Å². The highest BCUT2D eigenvalue weighted by molar-refractivity contribution is 5.93. The van der Waals surface area contributed by atoms with Crippen LogP contribution < -0.4 is 4.74 Å². The molecule has 2 N–H and O–H groups in total. The molecule has 2 aromatic carbocycles. The van der Waals surface area contributed by atoms with Crippen LogP contribution in [0.25, 0.3) is 22.3 Å². The minimum Gasteiger partial charge on any atom is -0.494 e. The average molecular weight is 547 g/mol. The monoisotopic (exact) mass is 546 g/mol. The van der Waals surface area contributed by atoms with Gasteiger partial charge in [0.15, 0.2) is 5.54 Å². The first kappa shape index (κ1) is 28.6. The molecule has 1 aliphatic carbocycles. The summed E-state index contributed by atoms with van der Waals surface area (Å²) in [5, 5.41) is 25.6. The van der Waals surface area contributed by atoms with E-state index in [4.69, 9.17) is 9.47 Å². The van der Waals surface area contributed by atoms with Gasteiger partial charge in [-0.05, 0) is 76.3 Å². The largest absolute Gasteiger partial charge is 0.494 e. The Morgan fingerprint density at radius 1 is 1.08 bits per heavy atom. The van der Waals surface area contributed by atoms with E-state index in [0.717, 1.165) is 0 Å². The molecule has 0 aliphatic heterocycles. The summed E-state index contributed by atoms with van der Waals surface area (Å²) < 4.78 is 56.0. The summed E-state index contributed by atoms with van der Waals surface area (Å²) in [5.74, 6) is -0.377. The van der Waals surface area contributed by atoms with Gasteiger partial charge in [-0.2, -0.15) is 18.3 Å². The molecule has 4 rings (SSSR count). The third-order valence-electron chi connectivity index (χ3n) is 6.94. The fourth-order valence-electron chi connectivity index (χ4n) is 4.83. The molecule has 0 bridgehead atoms. The summed E-state index contributed by atoms with van der Waals surface area (Å²) >= 11 is 0. The van der Waals surface area contributed by atoms with Crippen LogP contribution in [0.2, 0.25) is 0 Å². The zero-order valence-electron chi connectivity index (χ0n) is 22.6. The molecular formula is C29H33F3N2O5. The number of halogens is 3. The first-order valence-corrected chi connectivity index (χ1v) is 12.8. The van der Waals surface area contributed by atoms with Gasteiger partial charge in [-0.3, -0.25) is 4.68 Å². The normalized spacial score (nSPS) is 17.1. The van der Waals surface area contributed by atoms with Gasteiger partial charge in [0.05, 0.1) is 25.0 Å². The van der Waals surface area contributed by atoms with Crippen molar-refractivity contribution in [3.8, 4) is 28.0 Å². The number of hydrogen-bond acceptors (Lipinski definition) is 6. The van der Waals surface area contributed by atoms with E-state index in [-0.39, 0.29) is 41.2 Å². The molecule has 0 saturated carbocycles. The maximum Gasteiger partial charge on any atom is 0.425 e. The minimum atomic E-state index is -5.01. The van der Waals surface area contributed by atoms with E-state index in [2.05, 4.69) is 5.10 Å². The Labute approximate surface area is 225 Å². The van der Waals surface area contributed by atoms with Crippen molar-refractivity contribution in [2.75, 3.05) is 13.2 Å². The van der Waals surface area contributed by atoms with Crippen molar-refractivity contribution in [3.05, 3.63) is 59.9 Å². The fraction of sp³-hybridized carbons (Fsp3) is 0.448. The maximum absolute atomic E-state index is 14.5. The average Bonchev–Trinajstić information content (AvgIpc) is 3.44. The van der Waals surface area contributed by atoms with Gasteiger partial charge in [0.1, 0.15) is 5.75 Å². The molecule has 0 unspecified atom stereocenters. The third kappa shape index (κ3) is 5.15. The van der Waals surface area contributed by atoms with Crippen molar-refractivity contribution in [2.45, 2.75) is 70.4 Å². The molecule has 0 fully saturated rings. The van der Waals surface area contributed by atoms with Crippen LogP contribution in [0.15, 0.2) is 48.8 Å². The number of ether oxygens (including phenoxy) is 2. The number of hydrogen-bond donors (Lipinski definition) is 2. The van der Waals surface area contributed by atoms with Crippen LogP contribution in [0.3, 0.4) is 0 Å². The Kier molecular flexibility index (Phi) is 7.33. The number of carbonyl (C=O) groups is 1. The zero-order chi connectivity index (χ0) is 28.8. The quantitative estimate of drug-likeness (QED) is 0.270. The lowest BCUT2D eigenvalue weighted by Crippen LogP contribution is -2.41. The molecule has 0 radical (unpaired) electrons. The SMILES string of the molecule is CCOC(=O)C(C)(C)n1cc(-c2cc(OCCCC(C)(C)O)cc3c2-c2ccccc2[C@]3(O)C(F)(F)F)cn1. The highest BCUT2D eigenvalue weighted by Crippen LogP contribution is 2.58. The van der Waals surface area contributed by atoms with Crippen molar-refractivity contribution in [2.24, 2.45) is 0 Å². The number of benzene rings is 2. The maximum atomic E-state index is 14.5.